The van der Waals surface area contributed by atoms with Gasteiger partial charge in [-0.15, -0.1) is 0 Å². The zero-order valence-corrected chi connectivity index (χ0v) is 12.3. The second-order valence-electron chi connectivity index (χ2n) is 4.56. The molecule has 1 saturated heterocycles. The summed E-state index contributed by atoms with van der Waals surface area (Å²) in [7, 11) is -4.06. The molecule has 6 heteroatoms. The van der Waals surface area contributed by atoms with Gasteiger partial charge in [0.1, 0.15) is 0 Å². The predicted molar refractivity (Wildman–Crippen MR) is 74.0 cm³/mol. The molecule has 19 heavy (non-hydrogen) atoms. The average molecular weight is 287 g/mol. The molecule has 5 nitrogen and oxygen atoms in total. The second kappa shape index (κ2) is 7.00. The lowest BCUT2D eigenvalue weighted by Gasteiger charge is -2.18. The molecule has 1 atom stereocenters. The molecule has 0 amide bonds. The fourth-order valence-corrected chi connectivity index (χ4v) is 2.50. The van der Waals surface area contributed by atoms with Gasteiger partial charge in [0.2, 0.25) is 0 Å². The Kier molecular flexibility index (Phi) is 5.93. The highest BCUT2D eigenvalue weighted by Crippen LogP contribution is 2.17. The van der Waals surface area contributed by atoms with E-state index in [2.05, 4.69) is 12.2 Å². The van der Waals surface area contributed by atoms with Crippen molar-refractivity contribution in [1.82, 2.24) is 5.32 Å². The topological polar surface area (TPSA) is 75.6 Å². The maximum absolute atomic E-state index is 10.8. The van der Waals surface area contributed by atoms with Gasteiger partial charge in [0.25, 0.3) is 10.1 Å². The van der Waals surface area contributed by atoms with Gasteiger partial charge in [0, 0.05) is 13.1 Å². The Balaban J connectivity index is 0.000000218. The first-order valence-electron chi connectivity index (χ1n) is 6.18. The zero-order valence-electron chi connectivity index (χ0n) is 11.5. The highest BCUT2D eigenvalue weighted by molar-refractivity contribution is 7.85. The molecule has 1 unspecified atom stereocenters. The molecule has 2 rings (SSSR count). The fraction of sp³-hybridized carbons (Fsp3) is 0.538. The van der Waals surface area contributed by atoms with E-state index < -0.39 is 10.1 Å². The molecule has 0 aromatic heterocycles. The summed E-state index contributed by atoms with van der Waals surface area (Å²) in [6.45, 7) is 8.44. The van der Waals surface area contributed by atoms with Crippen molar-refractivity contribution in [2.45, 2.75) is 31.8 Å². The van der Waals surface area contributed by atoms with E-state index in [-0.39, 0.29) is 4.90 Å². The number of morpholine rings is 1. The minimum atomic E-state index is -4.06. The smallest absolute Gasteiger partial charge is 0.294 e. The van der Waals surface area contributed by atoms with E-state index in [0.29, 0.717) is 11.7 Å². The standard InChI is InChI=1S/C8H10O3S.C5H11NO/c1-6-4-3-5-8(7(6)2)12(9,10)11;1-5-4-6-2-3-7-5/h3-5H,1-2H3,(H,9,10,11);5-6H,2-4H2,1H3. The van der Waals surface area contributed by atoms with Crippen molar-refractivity contribution in [2.24, 2.45) is 0 Å². The maximum atomic E-state index is 10.8. The molecule has 0 aliphatic carbocycles. The normalized spacial score (nSPS) is 19.5. The van der Waals surface area contributed by atoms with Crippen molar-refractivity contribution >= 4 is 10.1 Å². The van der Waals surface area contributed by atoms with Crippen LogP contribution in [0.2, 0.25) is 0 Å². The van der Waals surface area contributed by atoms with Crippen LogP contribution in [0.15, 0.2) is 23.1 Å². The molecule has 1 aromatic rings. The molecule has 1 aromatic carbocycles. The third-order valence-corrected chi connectivity index (χ3v) is 3.94. The van der Waals surface area contributed by atoms with Gasteiger partial charge >= 0.3 is 0 Å². The van der Waals surface area contributed by atoms with E-state index in [1.54, 1.807) is 26.0 Å². The van der Waals surface area contributed by atoms with Crippen molar-refractivity contribution in [3.05, 3.63) is 29.3 Å². The summed E-state index contributed by atoms with van der Waals surface area (Å²) in [5.41, 5.74) is 1.45. The molecule has 1 heterocycles. The molecule has 0 radical (unpaired) electrons. The molecule has 1 fully saturated rings. The van der Waals surface area contributed by atoms with Crippen molar-refractivity contribution in [1.29, 1.82) is 0 Å². The van der Waals surface area contributed by atoms with Crippen LogP contribution in [0, 0.1) is 13.8 Å². The number of nitrogens with one attached hydrogen (secondary N) is 1. The average Bonchev–Trinajstić information content (AvgIpc) is 2.33. The first kappa shape index (κ1) is 16.1. The lowest BCUT2D eigenvalue weighted by Crippen LogP contribution is -2.36. The Bertz CT molecular complexity index is 507. The summed E-state index contributed by atoms with van der Waals surface area (Å²) >= 11 is 0. The number of ether oxygens (including phenoxy) is 1. The van der Waals surface area contributed by atoms with Gasteiger partial charge in [-0.1, -0.05) is 12.1 Å². The molecule has 0 spiro atoms. The Labute approximate surface area is 114 Å². The molecule has 1 aliphatic heterocycles. The zero-order chi connectivity index (χ0) is 14.5. The first-order chi connectivity index (χ1) is 8.82. The SMILES string of the molecule is CC1CNCCO1.Cc1cccc(S(=O)(=O)O)c1C. The molecule has 1 aliphatic rings. The molecule has 0 saturated carbocycles. The highest BCUT2D eigenvalue weighted by Gasteiger charge is 2.12. The predicted octanol–water partition coefficient (Wildman–Crippen LogP) is 1.54. The summed E-state index contributed by atoms with van der Waals surface area (Å²) in [5.74, 6) is 0. The molecular formula is C13H21NO4S. The quantitative estimate of drug-likeness (QED) is 0.766. The van der Waals surface area contributed by atoms with Gasteiger partial charge in [0.15, 0.2) is 0 Å². The van der Waals surface area contributed by atoms with Gasteiger partial charge in [-0.05, 0) is 38.0 Å². The Morgan fingerprint density at radius 2 is 2.05 bits per heavy atom. The van der Waals surface area contributed by atoms with E-state index >= 15 is 0 Å². The summed E-state index contributed by atoms with van der Waals surface area (Å²) in [5, 5.41) is 3.21. The van der Waals surface area contributed by atoms with Crippen LogP contribution >= 0.6 is 0 Å². The molecule has 2 N–H and O–H groups in total. The van der Waals surface area contributed by atoms with Crippen LogP contribution in [0.5, 0.6) is 0 Å². The molecule has 0 bridgehead atoms. The number of benzene rings is 1. The van der Waals surface area contributed by atoms with Crippen molar-refractivity contribution < 1.29 is 17.7 Å². The highest BCUT2D eigenvalue weighted by atomic mass is 32.2. The third-order valence-electron chi connectivity index (χ3n) is 2.95. The van der Waals surface area contributed by atoms with Crippen LogP contribution in [-0.4, -0.2) is 38.8 Å². The van der Waals surface area contributed by atoms with Crippen LogP contribution in [0.3, 0.4) is 0 Å². The summed E-state index contributed by atoms with van der Waals surface area (Å²) in [6, 6.07) is 4.78. The van der Waals surface area contributed by atoms with E-state index in [9.17, 15) is 8.42 Å². The number of hydrogen-bond donors (Lipinski definition) is 2. The summed E-state index contributed by atoms with van der Waals surface area (Å²) < 4.78 is 35.5. The van der Waals surface area contributed by atoms with Crippen molar-refractivity contribution in [3.8, 4) is 0 Å². The van der Waals surface area contributed by atoms with E-state index in [0.717, 1.165) is 25.3 Å². The van der Waals surface area contributed by atoms with Gasteiger partial charge in [-0.3, -0.25) is 4.55 Å². The van der Waals surface area contributed by atoms with Crippen LogP contribution in [0.4, 0.5) is 0 Å². The van der Waals surface area contributed by atoms with Crippen molar-refractivity contribution in [2.75, 3.05) is 19.7 Å². The maximum Gasteiger partial charge on any atom is 0.294 e. The Morgan fingerprint density at radius 1 is 1.37 bits per heavy atom. The van der Waals surface area contributed by atoms with E-state index in [1.807, 2.05) is 0 Å². The molecule has 108 valence electrons. The lowest BCUT2D eigenvalue weighted by atomic mass is 10.1. The largest absolute Gasteiger partial charge is 0.376 e. The van der Waals surface area contributed by atoms with Gasteiger partial charge < -0.3 is 10.1 Å². The second-order valence-corrected chi connectivity index (χ2v) is 5.95. The van der Waals surface area contributed by atoms with Gasteiger partial charge in [-0.2, -0.15) is 8.42 Å². The van der Waals surface area contributed by atoms with Crippen LogP contribution in [0.25, 0.3) is 0 Å². The van der Waals surface area contributed by atoms with Gasteiger partial charge in [0.05, 0.1) is 17.6 Å². The molecular weight excluding hydrogens is 266 g/mol. The van der Waals surface area contributed by atoms with E-state index in [4.69, 9.17) is 9.29 Å². The van der Waals surface area contributed by atoms with Gasteiger partial charge in [-0.25, -0.2) is 0 Å². The fourth-order valence-electron chi connectivity index (χ4n) is 1.70. The monoisotopic (exact) mass is 287 g/mol. The number of aryl methyl sites for hydroxylation is 1. The van der Waals surface area contributed by atoms with Crippen molar-refractivity contribution in [3.63, 3.8) is 0 Å². The van der Waals surface area contributed by atoms with Crippen LogP contribution in [0.1, 0.15) is 18.1 Å². The first-order valence-corrected chi connectivity index (χ1v) is 7.62. The van der Waals surface area contributed by atoms with E-state index in [1.165, 1.54) is 6.07 Å². The minimum Gasteiger partial charge on any atom is -0.376 e. The summed E-state index contributed by atoms with van der Waals surface area (Å²) in [6.07, 6.45) is 0.425. The van der Waals surface area contributed by atoms with Crippen LogP contribution in [-0.2, 0) is 14.9 Å². The minimum absolute atomic E-state index is 0.0116. The number of rotatable bonds is 1. The Morgan fingerprint density at radius 3 is 2.42 bits per heavy atom. The van der Waals surface area contributed by atoms with Crippen LogP contribution < -0.4 is 5.32 Å². The Hall–Kier alpha value is -0.950. The summed E-state index contributed by atoms with van der Waals surface area (Å²) in [4.78, 5) is -0.0116. The third kappa shape index (κ3) is 5.28. The number of hydrogen-bond acceptors (Lipinski definition) is 4. The lowest BCUT2D eigenvalue weighted by molar-refractivity contribution is 0.0410.